The fourth-order valence-electron chi connectivity index (χ4n) is 1.10. The molecule has 1 aromatic rings. The summed E-state index contributed by atoms with van der Waals surface area (Å²) in [4.78, 5) is -0.802. The Morgan fingerprint density at radius 2 is 2.06 bits per heavy atom. The molecule has 16 heavy (non-hydrogen) atoms. The van der Waals surface area contributed by atoms with Crippen LogP contribution in [0, 0.1) is 5.21 Å². The molecule has 0 aliphatic heterocycles. The van der Waals surface area contributed by atoms with Crippen LogP contribution in [0.1, 0.15) is 0 Å². The Morgan fingerprint density at radius 3 is 2.44 bits per heavy atom. The van der Waals surface area contributed by atoms with E-state index < -0.39 is 25.9 Å². The molecule has 0 aromatic heterocycles. The van der Waals surface area contributed by atoms with Gasteiger partial charge in [0.15, 0.2) is 0 Å². The van der Waals surface area contributed by atoms with E-state index in [1.807, 2.05) is 0 Å². The lowest BCUT2D eigenvalue weighted by molar-refractivity contribution is 0.293. The van der Waals surface area contributed by atoms with Crippen LogP contribution in [0.2, 0.25) is 0 Å². The highest BCUT2D eigenvalue weighted by molar-refractivity contribution is 7.86. The van der Waals surface area contributed by atoms with E-state index in [0.717, 1.165) is 12.1 Å². The first-order chi connectivity index (χ1) is 7.27. The standard InChI is InChI=1S/C7H9N2O6S/c1-15-6-3-5(9(10)11)7(2-4(6)8)16(12,13)14/h2-3,10H,8H2,1H3,(H,12,13,14)/q-1. The van der Waals surface area contributed by atoms with Gasteiger partial charge in [-0.15, -0.1) is 0 Å². The second-order valence-corrected chi connectivity index (χ2v) is 4.20. The number of nitrogens with two attached hydrogens (primary N) is 1. The minimum atomic E-state index is -4.66. The molecule has 0 amide bonds. The van der Waals surface area contributed by atoms with Gasteiger partial charge in [-0.05, 0) is 6.07 Å². The maximum Gasteiger partial charge on any atom is 0.296 e. The molecule has 0 unspecified atom stereocenters. The van der Waals surface area contributed by atoms with Gasteiger partial charge in [0, 0.05) is 6.07 Å². The van der Waals surface area contributed by atoms with Gasteiger partial charge in [0.05, 0.1) is 18.5 Å². The highest BCUT2D eigenvalue weighted by atomic mass is 32.2. The van der Waals surface area contributed by atoms with E-state index in [1.165, 1.54) is 7.11 Å². The molecule has 0 saturated carbocycles. The fraction of sp³-hybridized carbons (Fsp3) is 0.143. The molecule has 8 nitrogen and oxygen atoms in total. The predicted molar refractivity (Wildman–Crippen MR) is 54.9 cm³/mol. The lowest BCUT2D eigenvalue weighted by Crippen LogP contribution is -2.13. The predicted octanol–water partition coefficient (Wildman–Crippen LogP) is 0.218. The van der Waals surface area contributed by atoms with Gasteiger partial charge in [0.1, 0.15) is 10.6 Å². The minimum Gasteiger partial charge on any atom is -0.733 e. The molecule has 0 atom stereocenters. The molecule has 0 fully saturated rings. The molecule has 0 heterocycles. The summed E-state index contributed by atoms with van der Waals surface area (Å²) >= 11 is 0. The maximum atomic E-state index is 10.9. The Kier molecular flexibility index (Phi) is 3.24. The number of ether oxygens (including phenoxy) is 1. The van der Waals surface area contributed by atoms with E-state index in [0.29, 0.717) is 0 Å². The SMILES string of the molecule is COc1cc(N([O-])O)c(S(=O)(=O)O)cc1N. The van der Waals surface area contributed by atoms with Gasteiger partial charge in [-0.25, -0.2) is 0 Å². The molecule has 4 N–H and O–H groups in total. The van der Waals surface area contributed by atoms with Gasteiger partial charge in [0.25, 0.3) is 10.1 Å². The van der Waals surface area contributed by atoms with Crippen LogP contribution in [0.15, 0.2) is 17.0 Å². The molecule has 0 saturated heterocycles. The molecule has 0 aliphatic rings. The van der Waals surface area contributed by atoms with Crippen LogP contribution >= 0.6 is 0 Å². The zero-order chi connectivity index (χ0) is 12.5. The van der Waals surface area contributed by atoms with Gasteiger partial charge in [0.2, 0.25) is 0 Å². The second-order valence-electron chi connectivity index (χ2n) is 2.81. The molecule has 90 valence electrons. The van der Waals surface area contributed by atoms with Crippen molar-refractivity contribution in [3.63, 3.8) is 0 Å². The Balaban J connectivity index is 3.55. The van der Waals surface area contributed by atoms with E-state index in [-0.39, 0.29) is 11.4 Å². The van der Waals surface area contributed by atoms with Gasteiger partial charge < -0.3 is 20.9 Å². The smallest absolute Gasteiger partial charge is 0.296 e. The van der Waals surface area contributed by atoms with Crippen molar-refractivity contribution in [1.82, 2.24) is 0 Å². The molecular formula is C7H9N2O6S-. The van der Waals surface area contributed by atoms with Crippen molar-refractivity contribution in [1.29, 1.82) is 0 Å². The zero-order valence-corrected chi connectivity index (χ0v) is 8.93. The highest BCUT2D eigenvalue weighted by Crippen LogP contribution is 2.33. The Morgan fingerprint density at radius 1 is 1.50 bits per heavy atom. The van der Waals surface area contributed by atoms with Crippen LogP contribution in [0.25, 0.3) is 0 Å². The fourth-order valence-corrected chi connectivity index (χ4v) is 1.78. The van der Waals surface area contributed by atoms with Gasteiger partial charge in [-0.1, -0.05) is 0 Å². The summed E-state index contributed by atoms with van der Waals surface area (Å²) in [7, 11) is -3.42. The van der Waals surface area contributed by atoms with Crippen molar-refractivity contribution in [2.24, 2.45) is 0 Å². The van der Waals surface area contributed by atoms with Crippen molar-refractivity contribution in [3.8, 4) is 5.75 Å². The number of nitrogen functional groups attached to an aromatic ring is 1. The monoisotopic (exact) mass is 249 g/mol. The van der Waals surface area contributed by atoms with E-state index in [1.54, 1.807) is 0 Å². The summed E-state index contributed by atoms with van der Waals surface area (Å²) in [6.45, 7) is 0. The molecule has 9 heteroatoms. The largest absolute Gasteiger partial charge is 0.733 e. The first-order valence-electron chi connectivity index (χ1n) is 3.88. The van der Waals surface area contributed by atoms with Crippen LogP contribution in [0.3, 0.4) is 0 Å². The third kappa shape index (κ3) is 2.33. The molecular weight excluding hydrogens is 240 g/mol. The van der Waals surface area contributed by atoms with E-state index >= 15 is 0 Å². The summed E-state index contributed by atoms with van der Waals surface area (Å²) in [5, 5.41) is 18.7. The maximum absolute atomic E-state index is 10.9. The average molecular weight is 249 g/mol. The van der Waals surface area contributed by atoms with Crippen molar-refractivity contribution in [2.45, 2.75) is 4.90 Å². The number of hydrogen-bond donors (Lipinski definition) is 3. The number of nitrogens with zero attached hydrogens (tertiary/aromatic N) is 1. The summed E-state index contributed by atoms with van der Waals surface area (Å²) in [6.07, 6.45) is 0. The number of hydrogen-bond acceptors (Lipinski definition) is 7. The summed E-state index contributed by atoms with van der Waals surface area (Å²) in [5.41, 5.74) is 4.61. The quantitative estimate of drug-likeness (QED) is 0.393. The van der Waals surface area contributed by atoms with Crippen LogP contribution in [-0.4, -0.2) is 25.3 Å². The van der Waals surface area contributed by atoms with E-state index in [2.05, 4.69) is 0 Å². The summed E-state index contributed by atoms with van der Waals surface area (Å²) in [5.74, 6) is -0.00250. The molecule has 0 radical (unpaired) electrons. The van der Waals surface area contributed by atoms with E-state index in [9.17, 15) is 13.6 Å². The highest BCUT2D eigenvalue weighted by Gasteiger charge is 2.19. The van der Waals surface area contributed by atoms with Crippen LogP contribution in [0.5, 0.6) is 5.75 Å². The number of benzene rings is 1. The van der Waals surface area contributed by atoms with Crippen LogP contribution < -0.4 is 15.7 Å². The minimum absolute atomic E-state index is 0.00250. The Hall–Kier alpha value is -1.55. The third-order valence-corrected chi connectivity index (χ3v) is 2.68. The van der Waals surface area contributed by atoms with Gasteiger partial charge in [-0.3, -0.25) is 9.76 Å². The number of methoxy groups -OCH3 is 1. The van der Waals surface area contributed by atoms with E-state index in [4.69, 9.17) is 20.2 Å². The van der Waals surface area contributed by atoms with Crippen molar-refractivity contribution in [3.05, 3.63) is 17.3 Å². The lowest BCUT2D eigenvalue weighted by atomic mass is 10.2. The average Bonchev–Trinajstić information content (AvgIpc) is 2.15. The normalized spacial score (nSPS) is 11.2. The topological polar surface area (TPSA) is 136 Å². The molecule has 1 aromatic carbocycles. The number of rotatable bonds is 3. The molecule has 0 aliphatic carbocycles. The van der Waals surface area contributed by atoms with Gasteiger partial charge in [-0.2, -0.15) is 8.42 Å². The number of anilines is 2. The molecule has 0 bridgehead atoms. The van der Waals surface area contributed by atoms with Crippen molar-refractivity contribution in [2.75, 3.05) is 18.1 Å². The lowest BCUT2D eigenvalue weighted by Gasteiger charge is -2.24. The first-order valence-corrected chi connectivity index (χ1v) is 5.32. The van der Waals surface area contributed by atoms with Gasteiger partial charge >= 0.3 is 0 Å². The Labute approximate surface area is 91.1 Å². The summed E-state index contributed by atoms with van der Waals surface area (Å²) < 4.78 is 35.3. The van der Waals surface area contributed by atoms with Crippen molar-refractivity contribution < 1.29 is 22.9 Å². The molecule has 0 spiro atoms. The second kappa shape index (κ2) is 4.14. The molecule has 1 rings (SSSR count). The third-order valence-electron chi connectivity index (χ3n) is 1.80. The van der Waals surface area contributed by atoms with Crippen LogP contribution in [0.4, 0.5) is 11.4 Å². The Bertz CT molecular complexity index is 498. The summed E-state index contributed by atoms with van der Waals surface area (Å²) in [6, 6.07) is 1.70. The zero-order valence-electron chi connectivity index (χ0n) is 8.11. The first kappa shape index (κ1) is 12.5. The van der Waals surface area contributed by atoms with Crippen molar-refractivity contribution >= 4 is 21.5 Å². The van der Waals surface area contributed by atoms with Crippen LogP contribution in [-0.2, 0) is 10.1 Å².